The Bertz CT molecular complexity index is 585. The van der Waals surface area contributed by atoms with E-state index in [1.165, 1.54) is 12.1 Å². The van der Waals surface area contributed by atoms with E-state index in [4.69, 9.17) is 0 Å². The van der Waals surface area contributed by atoms with Gasteiger partial charge < -0.3 is 0 Å². The van der Waals surface area contributed by atoms with Crippen molar-refractivity contribution in [3.05, 3.63) is 53.3 Å². The average Bonchev–Trinajstić information content (AvgIpc) is 2.74. The molecule has 0 saturated carbocycles. The third-order valence-electron chi connectivity index (χ3n) is 2.64. The standard InChI is InChI=1S/C13H11F3N2O/c1-18-7-6-11(17-18)8-12(19)9-2-4-10(5-3-9)13(14,15)16/h2-7H,8H2,1H3. The number of ketones is 1. The van der Waals surface area contributed by atoms with Crippen LogP contribution in [0.3, 0.4) is 0 Å². The number of rotatable bonds is 3. The zero-order chi connectivity index (χ0) is 14.0. The molecule has 3 nitrogen and oxygen atoms in total. The molecule has 0 fully saturated rings. The predicted octanol–water partition coefficient (Wildman–Crippen LogP) is 2.86. The fraction of sp³-hybridized carbons (Fsp3) is 0.231. The number of aryl methyl sites for hydroxylation is 1. The molecule has 0 atom stereocenters. The molecule has 0 aliphatic heterocycles. The maximum Gasteiger partial charge on any atom is 0.416 e. The Hall–Kier alpha value is -2.11. The zero-order valence-electron chi connectivity index (χ0n) is 10.1. The van der Waals surface area contributed by atoms with E-state index in [1.807, 2.05) is 0 Å². The monoisotopic (exact) mass is 268 g/mol. The van der Waals surface area contributed by atoms with Gasteiger partial charge in [0.1, 0.15) is 0 Å². The minimum atomic E-state index is -4.39. The van der Waals surface area contributed by atoms with Crippen molar-refractivity contribution in [3.8, 4) is 0 Å². The summed E-state index contributed by atoms with van der Waals surface area (Å²) in [6.45, 7) is 0. The van der Waals surface area contributed by atoms with Gasteiger partial charge in [0.05, 0.1) is 17.7 Å². The molecule has 0 bridgehead atoms. The number of hydrogen-bond donors (Lipinski definition) is 0. The Morgan fingerprint density at radius 3 is 2.32 bits per heavy atom. The summed E-state index contributed by atoms with van der Waals surface area (Å²) in [5.74, 6) is -0.257. The summed E-state index contributed by atoms with van der Waals surface area (Å²) in [7, 11) is 1.73. The molecule has 0 saturated heterocycles. The van der Waals surface area contributed by atoms with Crippen LogP contribution in [0.5, 0.6) is 0 Å². The van der Waals surface area contributed by atoms with E-state index in [0.717, 1.165) is 12.1 Å². The number of aromatic nitrogens is 2. The van der Waals surface area contributed by atoms with Crippen LogP contribution in [0.25, 0.3) is 0 Å². The number of Topliss-reactive ketones (excluding diaryl/α,β-unsaturated/α-hetero) is 1. The van der Waals surface area contributed by atoms with Crippen molar-refractivity contribution in [3.63, 3.8) is 0 Å². The Balaban J connectivity index is 2.12. The van der Waals surface area contributed by atoms with Crippen LogP contribution in [0.2, 0.25) is 0 Å². The number of carbonyl (C=O) groups excluding carboxylic acids is 1. The Kier molecular flexibility index (Phi) is 3.42. The van der Waals surface area contributed by atoms with E-state index in [2.05, 4.69) is 5.10 Å². The van der Waals surface area contributed by atoms with Crippen molar-refractivity contribution in [1.82, 2.24) is 9.78 Å². The molecule has 0 aliphatic carbocycles. The Morgan fingerprint density at radius 1 is 1.21 bits per heavy atom. The molecule has 0 aliphatic rings. The summed E-state index contributed by atoms with van der Waals surface area (Å²) in [6.07, 6.45) is -2.61. The van der Waals surface area contributed by atoms with Crippen molar-refractivity contribution in [2.45, 2.75) is 12.6 Å². The van der Waals surface area contributed by atoms with Crippen molar-refractivity contribution in [2.24, 2.45) is 7.05 Å². The van der Waals surface area contributed by atoms with Crippen LogP contribution in [0, 0.1) is 0 Å². The minimum Gasteiger partial charge on any atom is -0.294 e. The van der Waals surface area contributed by atoms with Gasteiger partial charge in [0.15, 0.2) is 5.78 Å². The van der Waals surface area contributed by atoms with Crippen LogP contribution < -0.4 is 0 Å². The summed E-state index contributed by atoms with van der Waals surface area (Å²) < 4.78 is 38.7. The van der Waals surface area contributed by atoms with Gasteiger partial charge in [0, 0.05) is 18.8 Å². The van der Waals surface area contributed by atoms with E-state index >= 15 is 0 Å². The molecule has 1 aromatic heterocycles. The lowest BCUT2D eigenvalue weighted by molar-refractivity contribution is -0.137. The van der Waals surface area contributed by atoms with E-state index < -0.39 is 11.7 Å². The van der Waals surface area contributed by atoms with Crippen LogP contribution in [-0.4, -0.2) is 15.6 Å². The Labute approximate surface area is 107 Å². The maximum atomic E-state index is 12.4. The number of alkyl halides is 3. The van der Waals surface area contributed by atoms with Gasteiger partial charge in [-0.05, 0) is 18.2 Å². The smallest absolute Gasteiger partial charge is 0.294 e. The van der Waals surface area contributed by atoms with Crippen LogP contribution in [0.4, 0.5) is 13.2 Å². The molecule has 100 valence electrons. The molecule has 1 heterocycles. The first-order chi connectivity index (χ1) is 8.86. The quantitative estimate of drug-likeness (QED) is 0.802. The third-order valence-corrected chi connectivity index (χ3v) is 2.64. The van der Waals surface area contributed by atoms with E-state index in [9.17, 15) is 18.0 Å². The molecule has 0 N–H and O–H groups in total. The summed E-state index contributed by atoms with van der Waals surface area (Å²) in [4.78, 5) is 11.9. The Morgan fingerprint density at radius 2 is 1.84 bits per heavy atom. The van der Waals surface area contributed by atoms with Gasteiger partial charge in [-0.3, -0.25) is 9.48 Å². The van der Waals surface area contributed by atoms with Gasteiger partial charge in [-0.15, -0.1) is 0 Å². The highest BCUT2D eigenvalue weighted by Crippen LogP contribution is 2.29. The van der Waals surface area contributed by atoms with E-state index in [-0.39, 0.29) is 17.8 Å². The molecule has 0 unspecified atom stereocenters. The molecule has 0 radical (unpaired) electrons. The summed E-state index contributed by atoms with van der Waals surface area (Å²) in [6, 6.07) is 5.89. The highest BCUT2D eigenvalue weighted by atomic mass is 19.4. The molecule has 1 aromatic carbocycles. The van der Waals surface area contributed by atoms with Crippen molar-refractivity contribution in [2.75, 3.05) is 0 Å². The van der Waals surface area contributed by atoms with Crippen LogP contribution in [0.15, 0.2) is 36.5 Å². The number of benzene rings is 1. The van der Waals surface area contributed by atoms with Gasteiger partial charge in [-0.25, -0.2) is 0 Å². The molecular formula is C13H11F3N2O. The van der Waals surface area contributed by atoms with Gasteiger partial charge in [0.25, 0.3) is 0 Å². The normalized spacial score (nSPS) is 11.6. The van der Waals surface area contributed by atoms with Gasteiger partial charge >= 0.3 is 6.18 Å². The molecule has 2 rings (SSSR count). The number of halogens is 3. The number of nitrogens with zero attached hydrogens (tertiary/aromatic N) is 2. The van der Waals surface area contributed by atoms with Crippen LogP contribution >= 0.6 is 0 Å². The van der Waals surface area contributed by atoms with Crippen LogP contribution in [-0.2, 0) is 19.6 Å². The van der Waals surface area contributed by atoms with E-state index in [1.54, 1.807) is 24.0 Å². The lowest BCUT2D eigenvalue weighted by Gasteiger charge is -2.06. The lowest BCUT2D eigenvalue weighted by Crippen LogP contribution is -2.08. The summed E-state index contributed by atoms with van der Waals surface area (Å²) in [5, 5.41) is 4.05. The summed E-state index contributed by atoms with van der Waals surface area (Å²) >= 11 is 0. The topological polar surface area (TPSA) is 34.9 Å². The first kappa shape index (κ1) is 13.3. The third kappa shape index (κ3) is 3.21. The second-order valence-corrected chi connectivity index (χ2v) is 4.16. The van der Waals surface area contributed by atoms with Crippen molar-refractivity contribution >= 4 is 5.78 Å². The maximum absolute atomic E-state index is 12.4. The number of hydrogen-bond acceptors (Lipinski definition) is 2. The fourth-order valence-corrected chi connectivity index (χ4v) is 1.67. The highest BCUT2D eigenvalue weighted by Gasteiger charge is 2.30. The first-order valence-corrected chi connectivity index (χ1v) is 5.55. The summed E-state index contributed by atoms with van der Waals surface area (Å²) in [5.41, 5.74) is 0.0768. The van der Waals surface area contributed by atoms with Crippen molar-refractivity contribution < 1.29 is 18.0 Å². The molecular weight excluding hydrogens is 257 g/mol. The molecule has 0 spiro atoms. The zero-order valence-corrected chi connectivity index (χ0v) is 10.1. The second-order valence-electron chi connectivity index (χ2n) is 4.16. The molecule has 19 heavy (non-hydrogen) atoms. The fourth-order valence-electron chi connectivity index (χ4n) is 1.67. The van der Waals surface area contributed by atoms with Gasteiger partial charge in [-0.1, -0.05) is 12.1 Å². The predicted molar refractivity (Wildman–Crippen MR) is 62.7 cm³/mol. The largest absolute Gasteiger partial charge is 0.416 e. The van der Waals surface area contributed by atoms with Crippen molar-refractivity contribution in [1.29, 1.82) is 0 Å². The second kappa shape index (κ2) is 4.87. The van der Waals surface area contributed by atoms with E-state index in [0.29, 0.717) is 5.69 Å². The molecule has 6 heteroatoms. The average molecular weight is 268 g/mol. The number of carbonyl (C=O) groups is 1. The van der Waals surface area contributed by atoms with Gasteiger partial charge in [0.2, 0.25) is 0 Å². The first-order valence-electron chi connectivity index (χ1n) is 5.55. The van der Waals surface area contributed by atoms with Crippen LogP contribution in [0.1, 0.15) is 21.6 Å². The lowest BCUT2D eigenvalue weighted by atomic mass is 10.0. The van der Waals surface area contributed by atoms with Gasteiger partial charge in [-0.2, -0.15) is 18.3 Å². The molecule has 2 aromatic rings. The highest BCUT2D eigenvalue weighted by molar-refractivity contribution is 5.97. The molecule has 0 amide bonds. The minimum absolute atomic E-state index is 0.0756. The SMILES string of the molecule is Cn1ccc(CC(=O)c2ccc(C(F)(F)F)cc2)n1.